The lowest BCUT2D eigenvalue weighted by atomic mass is 10.1. The molecule has 2 heterocycles. The zero-order valence-electron chi connectivity index (χ0n) is 9.68. The minimum absolute atomic E-state index is 0.00880. The Hall–Kier alpha value is -2.03. The maximum atomic E-state index is 5.93. The Kier molecular flexibility index (Phi) is 2.44. The summed E-state index contributed by atoms with van der Waals surface area (Å²) in [6.07, 6.45) is 1.87. The van der Waals surface area contributed by atoms with E-state index in [1.165, 1.54) is 0 Å². The Morgan fingerprint density at radius 2 is 2.12 bits per heavy atom. The van der Waals surface area contributed by atoms with Crippen LogP contribution in [-0.2, 0) is 0 Å². The van der Waals surface area contributed by atoms with E-state index in [-0.39, 0.29) is 6.10 Å². The third kappa shape index (κ3) is 1.96. The first kappa shape index (κ1) is 10.1. The summed E-state index contributed by atoms with van der Waals surface area (Å²) in [5, 5.41) is 3.36. The highest BCUT2D eigenvalue weighted by Gasteiger charge is 2.21. The molecule has 3 nitrogen and oxygen atoms in total. The molecular formula is C14H14N2O. The standard InChI is InChI=1S/C14H14N2O/c1-10-6-7-12(15-8-10)14-9-16-11-4-2-3-5-13(11)17-14/h2-8,14,16H,9H2,1H3. The van der Waals surface area contributed by atoms with Crippen LogP contribution in [0.5, 0.6) is 5.75 Å². The molecule has 17 heavy (non-hydrogen) atoms. The van der Waals surface area contributed by atoms with Gasteiger partial charge >= 0.3 is 0 Å². The largest absolute Gasteiger partial charge is 0.480 e. The molecule has 1 aromatic carbocycles. The number of nitrogens with one attached hydrogen (secondary N) is 1. The van der Waals surface area contributed by atoms with Gasteiger partial charge in [-0.15, -0.1) is 0 Å². The fraction of sp³-hybridized carbons (Fsp3) is 0.214. The Morgan fingerprint density at radius 1 is 1.24 bits per heavy atom. The number of hydrogen-bond donors (Lipinski definition) is 1. The van der Waals surface area contributed by atoms with Crippen molar-refractivity contribution in [3.63, 3.8) is 0 Å². The third-order valence-corrected chi connectivity index (χ3v) is 2.90. The molecule has 2 aromatic rings. The fourth-order valence-corrected chi connectivity index (χ4v) is 1.95. The predicted molar refractivity (Wildman–Crippen MR) is 67.3 cm³/mol. The van der Waals surface area contributed by atoms with Gasteiger partial charge < -0.3 is 10.1 Å². The summed E-state index contributed by atoms with van der Waals surface area (Å²) in [5.41, 5.74) is 3.19. The second-order valence-corrected chi connectivity index (χ2v) is 4.24. The maximum absolute atomic E-state index is 5.93. The number of anilines is 1. The summed E-state index contributed by atoms with van der Waals surface area (Å²) in [6, 6.07) is 12.1. The SMILES string of the molecule is Cc1ccc(C2CNc3ccccc3O2)nc1. The van der Waals surface area contributed by atoms with Crippen LogP contribution in [-0.4, -0.2) is 11.5 Å². The summed E-state index contributed by atoms with van der Waals surface area (Å²) in [4.78, 5) is 4.41. The molecule has 1 aliphatic rings. The fourth-order valence-electron chi connectivity index (χ4n) is 1.95. The van der Waals surface area contributed by atoms with Gasteiger partial charge in [0.15, 0.2) is 6.10 Å². The minimum atomic E-state index is -0.00880. The monoisotopic (exact) mass is 226 g/mol. The van der Waals surface area contributed by atoms with Crippen molar-refractivity contribution in [2.75, 3.05) is 11.9 Å². The maximum Gasteiger partial charge on any atom is 0.158 e. The van der Waals surface area contributed by atoms with Crippen molar-refractivity contribution in [1.82, 2.24) is 4.98 Å². The number of ether oxygens (including phenoxy) is 1. The number of benzene rings is 1. The first-order valence-electron chi connectivity index (χ1n) is 5.75. The van der Waals surface area contributed by atoms with E-state index in [1.807, 2.05) is 43.5 Å². The summed E-state index contributed by atoms with van der Waals surface area (Å²) < 4.78 is 5.93. The van der Waals surface area contributed by atoms with Crippen molar-refractivity contribution in [2.24, 2.45) is 0 Å². The second kappa shape index (κ2) is 4.09. The van der Waals surface area contributed by atoms with Crippen LogP contribution in [0.1, 0.15) is 17.4 Å². The van der Waals surface area contributed by atoms with Gasteiger partial charge in [0.1, 0.15) is 5.75 Å². The van der Waals surface area contributed by atoms with E-state index in [0.717, 1.165) is 29.2 Å². The average molecular weight is 226 g/mol. The first-order valence-corrected chi connectivity index (χ1v) is 5.75. The molecule has 1 aromatic heterocycles. The van der Waals surface area contributed by atoms with Gasteiger partial charge in [0.25, 0.3) is 0 Å². The molecule has 1 unspecified atom stereocenters. The van der Waals surface area contributed by atoms with Crippen molar-refractivity contribution in [1.29, 1.82) is 0 Å². The molecule has 0 amide bonds. The van der Waals surface area contributed by atoms with Gasteiger partial charge in [0.05, 0.1) is 17.9 Å². The van der Waals surface area contributed by atoms with E-state index in [2.05, 4.69) is 16.4 Å². The van der Waals surface area contributed by atoms with Crippen LogP contribution < -0.4 is 10.1 Å². The Morgan fingerprint density at radius 3 is 2.94 bits per heavy atom. The summed E-state index contributed by atoms with van der Waals surface area (Å²) in [6.45, 7) is 2.79. The molecule has 0 radical (unpaired) electrons. The molecular weight excluding hydrogens is 212 g/mol. The third-order valence-electron chi connectivity index (χ3n) is 2.90. The Bertz CT molecular complexity index is 522. The van der Waals surface area contributed by atoms with Crippen LogP contribution in [0.4, 0.5) is 5.69 Å². The van der Waals surface area contributed by atoms with Crippen LogP contribution in [0.25, 0.3) is 0 Å². The van der Waals surface area contributed by atoms with Crippen molar-refractivity contribution < 1.29 is 4.74 Å². The van der Waals surface area contributed by atoms with Crippen molar-refractivity contribution in [3.05, 3.63) is 53.9 Å². The topological polar surface area (TPSA) is 34.1 Å². The molecule has 0 saturated heterocycles. The number of hydrogen-bond acceptors (Lipinski definition) is 3. The molecule has 3 heteroatoms. The quantitative estimate of drug-likeness (QED) is 0.811. The van der Waals surface area contributed by atoms with E-state index in [4.69, 9.17) is 4.74 Å². The van der Waals surface area contributed by atoms with E-state index in [9.17, 15) is 0 Å². The summed E-state index contributed by atoms with van der Waals surface area (Å²) in [7, 11) is 0. The average Bonchev–Trinajstić information content (AvgIpc) is 2.39. The van der Waals surface area contributed by atoms with E-state index < -0.39 is 0 Å². The number of nitrogens with zero attached hydrogens (tertiary/aromatic N) is 1. The molecule has 1 N–H and O–H groups in total. The molecule has 1 atom stereocenters. The lowest BCUT2D eigenvalue weighted by molar-refractivity contribution is 0.205. The minimum Gasteiger partial charge on any atom is -0.480 e. The molecule has 0 saturated carbocycles. The number of aromatic nitrogens is 1. The van der Waals surface area contributed by atoms with Gasteiger partial charge in [-0.1, -0.05) is 18.2 Å². The molecule has 0 fully saturated rings. The zero-order valence-corrected chi connectivity index (χ0v) is 9.68. The summed E-state index contributed by atoms with van der Waals surface area (Å²) in [5.74, 6) is 0.895. The van der Waals surface area contributed by atoms with Gasteiger partial charge in [0.2, 0.25) is 0 Å². The number of aryl methyl sites for hydroxylation is 1. The molecule has 86 valence electrons. The van der Waals surface area contributed by atoms with Crippen molar-refractivity contribution in [2.45, 2.75) is 13.0 Å². The zero-order chi connectivity index (χ0) is 11.7. The van der Waals surface area contributed by atoms with Crippen LogP contribution >= 0.6 is 0 Å². The van der Waals surface area contributed by atoms with E-state index in [1.54, 1.807) is 0 Å². The molecule has 0 spiro atoms. The summed E-state index contributed by atoms with van der Waals surface area (Å²) >= 11 is 0. The second-order valence-electron chi connectivity index (χ2n) is 4.24. The highest BCUT2D eigenvalue weighted by atomic mass is 16.5. The molecule has 0 bridgehead atoms. The molecule has 3 rings (SSSR count). The Labute approximate surface area is 100 Å². The molecule has 1 aliphatic heterocycles. The normalized spacial score (nSPS) is 17.8. The highest BCUT2D eigenvalue weighted by molar-refractivity contribution is 5.57. The number of para-hydroxylation sites is 2. The smallest absolute Gasteiger partial charge is 0.158 e. The van der Waals surface area contributed by atoms with Crippen LogP contribution in [0.15, 0.2) is 42.6 Å². The van der Waals surface area contributed by atoms with Crippen LogP contribution in [0.3, 0.4) is 0 Å². The molecule has 0 aliphatic carbocycles. The van der Waals surface area contributed by atoms with Crippen LogP contribution in [0.2, 0.25) is 0 Å². The van der Waals surface area contributed by atoms with Gasteiger partial charge in [-0.25, -0.2) is 0 Å². The van der Waals surface area contributed by atoms with Crippen LogP contribution in [0, 0.1) is 6.92 Å². The lowest BCUT2D eigenvalue weighted by Crippen LogP contribution is -2.24. The first-order chi connectivity index (χ1) is 8.33. The van der Waals surface area contributed by atoms with Gasteiger partial charge in [-0.05, 0) is 30.7 Å². The van der Waals surface area contributed by atoms with Gasteiger partial charge in [-0.2, -0.15) is 0 Å². The van der Waals surface area contributed by atoms with Gasteiger partial charge in [-0.3, -0.25) is 4.98 Å². The number of rotatable bonds is 1. The van der Waals surface area contributed by atoms with Gasteiger partial charge in [0, 0.05) is 6.20 Å². The number of fused-ring (bicyclic) bond motifs is 1. The van der Waals surface area contributed by atoms with E-state index in [0.29, 0.717) is 0 Å². The van der Waals surface area contributed by atoms with Crippen molar-refractivity contribution >= 4 is 5.69 Å². The predicted octanol–water partition coefficient (Wildman–Crippen LogP) is 2.94. The number of pyridine rings is 1. The van der Waals surface area contributed by atoms with E-state index >= 15 is 0 Å². The Balaban J connectivity index is 1.86. The van der Waals surface area contributed by atoms with Crippen molar-refractivity contribution in [3.8, 4) is 5.75 Å². The lowest BCUT2D eigenvalue weighted by Gasteiger charge is -2.26. The highest BCUT2D eigenvalue weighted by Crippen LogP contribution is 2.32.